The van der Waals surface area contributed by atoms with Gasteiger partial charge in [0, 0.05) is 38.2 Å². The third kappa shape index (κ3) is 5.98. The van der Waals surface area contributed by atoms with Crippen LogP contribution in [0.4, 0.5) is 8.78 Å². The molecule has 0 aliphatic carbocycles. The molecule has 0 bridgehead atoms. The molecule has 5 rings (SSSR count). The summed E-state index contributed by atoms with van der Waals surface area (Å²) in [6.45, 7) is 3.56. The standard InChI is InChI=1S/C28H28F2N4O3S/c29-21-9-7-20(8-10-21)24-18-25(22-4-1-2-5-23(22)30)34(31-24)27(35)19-33(28(36)26-6-3-17-38-26)12-11-32-13-15-37-16-14-32/h1-10,17,25H,11-16,18-19H2. The van der Waals surface area contributed by atoms with Crippen LogP contribution in [0.5, 0.6) is 0 Å². The SMILES string of the molecule is O=C(c1cccs1)N(CCN1CCOCC1)CC(=O)N1N=C(c2ccc(F)cc2)CC1c1ccccc1F. The minimum absolute atomic E-state index is 0.202. The van der Waals surface area contributed by atoms with Gasteiger partial charge in [-0.15, -0.1) is 11.3 Å². The van der Waals surface area contributed by atoms with E-state index in [0.717, 1.165) is 13.1 Å². The van der Waals surface area contributed by atoms with Gasteiger partial charge >= 0.3 is 0 Å². The molecule has 10 heteroatoms. The highest BCUT2D eigenvalue weighted by Gasteiger charge is 2.36. The lowest BCUT2D eigenvalue weighted by molar-refractivity contribution is -0.133. The number of hydrazone groups is 1. The monoisotopic (exact) mass is 538 g/mol. The molecule has 0 radical (unpaired) electrons. The van der Waals surface area contributed by atoms with Crippen LogP contribution in [0.1, 0.15) is 33.3 Å². The molecule has 1 saturated heterocycles. The Bertz CT molecular complexity index is 1290. The lowest BCUT2D eigenvalue weighted by Crippen LogP contribution is -2.46. The Morgan fingerprint density at radius 2 is 1.79 bits per heavy atom. The first-order chi connectivity index (χ1) is 18.5. The molecule has 3 heterocycles. The molecule has 0 saturated carbocycles. The molecule has 3 aromatic rings. The maximum Gasteiger partial charge on any atom is 0.264 e. The van der Waals surface area contributed by atoms with Gasteiger partial charge in [-0.05, 0) is 35.2 Å². The van der Waals surface area contributed by atoms with Crippen molar-refractivity contribution in [1.82, 2.24) is 14.8 Å². The highest BCUT2D eigenvalue weighted by atomic mass is 32.1. The van der Waals surface area contributed by atoms with E-state index in [9.17, 15) is 18.4 Å². The van der Waals surface area contributed by atoms with E-state index < -0.39 is 17.8 Å². The Balaban J connectivity index is 1.40. The second-order valence-corrected chi connectivity index (χ2v) is 10.1. The Morgan fingerprint density at radius 1 is 1.03 bits per heavy atom. The van der Waals surface area contributed by atoms with Crippen molar-refractivity contribution in [3.05, 3.63) is 93.7 Å². The quantitative estimate of drug-likeness (QED) is 0.432. The normalized spacial score (nSPS) is 17.9. The molecule has 1 atom stereocenters. The summed E-state index contributed by atoms with van der Waals surface area (Å²) in [6, 6.07) is 15.0. The van der Waals surface area contributed by atoms with Gasteiger partial charge in [0.25, 0.3) is 11.8 Å². The summed E-state index contributed by atoms with van der Waals surface area (Å²) in [4.78, 5) is 31.3. The minimum atomic E-state index is -0.679. The van der Waals surface area contributed by atoms with Crippen LogP contribution in [0.25, 0.3) is 0 Å². The Labute approximate surface area is 223 Å². The van der Waals surface area contributed by atoms with Crippen LogP contribution in [0.3, 0.4) is 0 Å². The second kappa shape index (κ2) is 11.9. The number of halogens is 2. The van der Waals surface area contributed by atoms with Gasteiger partial charge in [-0.25, -0.2) is 13.8 Å². The zero-order chi connectivity index (χ0) is 26.5. The molecule has 1 aromatic heterocycles. The number of ether oxygens (including phenoxy) is 1. The lowest BCUT2D eigenvalue weighted by atomic mass is 9.98. The Morgan fingerprint density at radius 3 is 2.50 bits per heavy atom. The van der Waals surface area contributed by atoms with Gasteiger partial charge in [0.2, 0.25) is 0 Å². The zero-order valence-corrected chi connectivity index (χ0v) is 21.6. The summed E-state index contributed by atoms with van der Waals surface area (Å²) in [5.74, 6) is -1.47. The molecule has 2 aliphatic heterocycles. The number of morpholine rings is 1. The number of thiophene rings is 1. The first-order valence-corrected chi connectivity index (χ1v) is 13.4. The molecular weight excluding hydrogens is 510 g/mol. The number of rotatable bonds is 8. The molecule has 7 nitrogen and oxygen atoms in total. The number of carbonyl (C=O) groups excluding carboxylic acids is 2. The lowest BCUT2D eigenvalue weighted by Gasteiger charge is -2.31. The van der Waals surface area contributed by atoms with E-state index >= 15 is 0 Å². The van der Waals surface area contributed by atoms with Crippen LogP contribution >= 0.6 is 11.3 Å². The van der Waals surface area contributed by atoms with Crippen LogP contribution in [-0.2, 0) is 9.53 Å². The molecule has 1 fully saturated rings. The molecule has 1 unspecified atom stereocenters. The molecule has 0 N–H and O–H groups in total. The summed E-state index contributed by atoms with van der Waals surface area (Å²) in [7, 11) is 0. The van der Waals surface area contributed by atoms with Gasteiger partial charge in [0.1, 0.15) is 18.2 Å². The third-order valence-electron chi connectivity index (χ3n) is 6.74. The van der Waals surface area contributed by atoms with E-state index in [4.69, 9.17) is 4.74 Å². The number of carbonyl (C=O) groups is 2. The van der Waals surface area contributed by atoms with Crippen LogP contribution in [-0.4, -0.2) is 78.3 Å². The van der Waals surface area contributed by atoms with E-state index in [0.29, 0.717) is 48.0 Å². The summed E-state index contributed by atoms with van der Waals surface area (Å²) in [5.41, 5.74) is 1.55. The van der Waals surface area contributed by atoms with Crippen LogP contribution in [0.15, 0.2) is 71.1 Å². The maximum absolute atomic E-state index is 14.8. The molecule has 2 aromatic carbocycles. The highest BCUT2D eigenvalue weighted by molar-refractivity contribution is 7.12. The average Bonchev–Trinajstić information content (AvgIpc) is 3.63. The fraction of sp³-hybridized carbons (Fsp3) is 0.321. The fourth-order valence-electron chi connectivity index (χ4n) is 4.68. The van der Waals surface area contributed by atoms with E-state index in [1.807, 2.05) is 5.38 Å². The Hall–Kier alpha value is -3.47. The topological polar surface area (TPSA) is 65.5 Å². The number of amides is 2. The number of hydrogen-bond acceptors (Lipinski definition) is 6. The molecule has 0 spiro atoms. The summed E-state index contributed by atoms with van der Waals surface area (Å²) in [5, 5.41) is 7.66. The van der Waals surface area contributed by atoms with Crippen LogP contribution in [0, 0.1) is 11.6 Å². The smallest absolute Gasteiger partial charge is 0.264 e. The molecule has 2 aliphatic rings. The largest absolute Gasteiger partial charge is 0.379 e. The summed E-state index contributed by atoms with van der Waals surface area (Å²) < 4.78 is 33.8. The third-order valence-corrected chi connectivity index (χ3v) is 7.60. The van der Waals surface area contributed by atoms with Crippen molar-refractivity contribution in [2.75, 3.05) is 45.9 Å². The van der Waals surface area contributed by atoms with Gasteiger partial charge in [0.05, 0.1) is 29.8 Å². The van der Waals surface area contributed by atoms with Crippen LogP contribution < -0.4 is 0 Å². The average molecular weight is 539 g/mol. The van der Waals surface area contributed by atoms with Gasteiger partial charge in [-0.2, -0.15) is 5.10 Å². The highest BCUT2D eigenvalue weighted by Crippen LogP contribution is 2.34. The molecule has 2 amide bonds. The van der Waals surface area contributed by atoms with E-state index in [1.54, 1.807) is 42.5 Å². The van der Waals surface area contributed by atoms with Crippen molar-refractivity contribution in [2.24, 2.45) is 5.10 Å². The van der Waals surface area contributed by atoms with E-state index in [2.05, 4.69) is 10.0 Å². The van der Waals surface area contributed by atoms with Gasteiger partial charge in [-0.1, -0.05) is 36.4 Å². The van der Waals surface area contributed by atoms with Crippen LogP contribution in [0.2, 0.25) is 0 Å². The van der Waals surface area contributed by atoms with Gasteiger partial charge in [0.15, 0.2) is 0 Å². The first-order valence-electron chi connectivity index (χ1n) is 12.5. The van der Waals surface area contributed by atoms with Crippen molar-refractivity contribution < 1.29 is 23.1 Å². The summed E-state index contributed by atoms with van der Waals surface area (Å²) in [6.07, 6.45) is 0.269. The predicted octanol–water partition coefficient (Wildman–Crippen LogP) is 4.18. The van der Waals surface area contributed by atoms with Crippen molar-refractivity contribution >= 4 is 28.9 Å². The number of nitrogens with zero attached hydrogens (tertiary/aromatic N) is 4. The number of hydrogen-bond donors (Lipinski definition) is 0. The van der Waals surface area contributed by atoms with Crippen molar-refractivity contribution in [1.29, 1.82) is 0 Å². The Kier molecular flexibility index (Phi) is 8.21. The maximum atomic E-state index is 14.8. The minimum Gasteiger partial charge on any atom is -0.379 e. The predicted molar refractivity (Wildman–Crippen MR) is 141 cm³/mol. The van der Waals surface area contributed by atoms with Gasteiger partial charge in [-0.3, -0.25) is 14.5 Å². The first kappa shape index (κ1) is 26.1. The van der Waals surface area contributed by atoms with Crippen molar-refractivity contribution in [3.63, 3.8) is 0 Å². The summed E-state index contributed by atoms with van der Waals surface area (Å²) >= 11 is 1.32. The number of benzene rings is 2. The molecule has 198 valence electrons. The zero-order valence-electron chi connectivity index (χ0n) is 20.8. The molecular formula is C28H28F2N4O3S. The fourth-order valence-corrected chi connectivity index (χ4v) is 5.37. The van der Waals surface area contributed by atoms with Gasteiger partial charge < -0.3 is 9.64 Å². The van der Waals surface area contributed by atoms with E-state index in [-0.39, 0.29) is 24.7 Å². The van der Waals surface area contributed by atoms with Crippen molar-refractivity contribution in [2.45, 2.75) is 12.5 Å². The molecule has 38 heavy (non-hydrogen) atoms. The van der Waals surface area contributed by atoms with E-state index in [1.165, 1.54) is 39.4 Å². The second-order valence-electron chi connectivity index (χ2n) is 9.19. The van der Waals surface area contributed by atoms with Crippen molar-refractivity contribution in [3.8, 4) is 0 Å².